The van der Waals surface area contributed by atoms with Gasteiger partial charge in [0, 0.05) is 11.0 Å². The molecule has 0 radical (unpaired) electrons. The second-order valence-corrected chi connectivity index (χ2v) is 5.04. The lowest BCUT2D eigenvalue weighted by Crippen LogP contribution is -2.40. The molecule has 4 nitrogen and oxygen atoms in total. The Morgan fingerprint density at radius 1 is 1.32 bits per heavy atom. The zero-order valence-corrected chi connectivity index (χ0v) is 12.1. The first kappa shape index (κ1) is 15.2. The summed E-state index contributed by atoms with van der Waals surface area (Å²) in [5.41, 5.74) is 5.83. The molecule has 2 N–H and O–H groups in total. The van der Waals surface area contributed by atoms with Gasteiger partial charge in [-0.2, -0.15) is 0 Å². The maximum absolute atomic E-state index is 11.8. The molecule has 0 bridgehead atoms. The van der Waals surface area contributed by atoms with Gasteiger partial charge in [-0.15, -0.1) is 11.3 Å². The normalized spacial score (nSPS) is 11.1. The molecule has 1 rings (SSSR count). The monoisotopic (exact) mass is 278 g/mol. The van der Waals surface area contributed by atoms with Crippen LogP contribution in [0.4, 0.5) is 0 Å². The van der Waals surface area contributed by atoms with Crippen molar-refractivity contribution in [1.29, 1.82) is 0 Å². The van der Waals surface area contributed by atoms with Gasteiger partial charge in [-0.3, -0.25) is 20.4 Å². The number of aryl methyl sites for hydroxylation is 2. The highest BCUT2D eigenvalue weighted by atomic mass is 32.1. The van der Waals surface area contributed by atoms with Crippen molar-refractivity contribution < 1.29 is 9.59 Å². The Hall–Kier alpha value is -1.88. The lowest BCUT2D eigenvalue weighted by Gasteiger charge is -2.02. The van der Waals surface area contributed by atoms with E-state index in [4.69, 9.17) is 0 Å². The Bertz CT molecular complexity index is 516. The van der Waals surface area contributed by atoms with Crippen LogP contribution in [0.15, 0.2) is 30.4 Å². The van der Waals surface area contributed by atoms with Gasteiger partial charge in [0.25, 0.3) is 11.8 Å². The predicted molar refractivity (Wildman–Crippen MR) is 78.0 cm³/mol. The SMILES string of the molecule is C/C=C/C=C/C(=O)NNC(=O)c1cc(C)c(CC)s1. The average Bonchev–Trinajstić information content (AvgIpc) is 2.77. The number of hydrazine groups is 1. The molecule has 19 heavy (non-hydrogen) atoms. The molecule has 5 heteroatoms. The number of thiophene rings is 1. The van der Waals surface area contributed by atoms with Gasteiger partial charge in [-0.05, 0) is 31.9 Å². The van der Waals surface area contributed by atoms with Crippen LogP contribution in [0, 0.1) is 6.92 Å². The standard InChI is InChI=1S/C14H18N2O2S/c1-4-6-7-8-13(17)15-16-14(18)12-9-10(3)11(5-2)19-12/h4,6-9H,5H2,1-3H3,(H,15,17)(H,16,18)/b6-4+,8-7+. The van der Waals surface area contributed by atoms with Crippen LogP contribution in [0.5, 0.6) is 0 Å². The van der Waals surface area contributed by atoms with E-state index in [1.54, 1.807) is 12.2 Å². The van der Waals surface area contributed by atoms with E-state index in [0.29, 0.717) is 4.88 Å². The maximum atomic E-state index is 11.8. The summed E-state index contributed by atoms with van der Waals surface area (Å²) in [5, 5.41) is 0. The van der Waals surface area contributed by atoms with Gasteiger partial charge >= 0.3 is 0 Å². The molecule has 1 aromatic heterocycles. The van der Waals surface area contributed by atoms with E-state index in [0.717, 1.165) is 12.0 Å². The molecule has 0 fully saturated rings. The Balaban J connectivity index is 2.53. The number of nitrogens with one attached hydrogen (secondary N) is 2. The largest absolute Gasteiger partial charge is 0.279 e. The fourth-order valence-electron chi connectivity index (χ4n) is 1.46. The molecule has 0 aliphatic carbocycles. The van der Waals surface area contributed by atoms with Gasteiger partial charge in [-0.1, -0.05) is 25.2 Å². The summed E-state index contributed by atoms with van der Waals surface area (Å²) < 4.78 is 0. The minimum Gasteiger partial charge on any atom is -0.268 e. The van der Waals surface area contributed by atoms with Gasteiger partial charge in [0.1, 0.15) is 0 Å². The number of carbonyl (C=O) groups is 2. The molecular formula is C14H18N2O2S. The summed E-state index contributed by atoms with van der Waals surface area (Å²) in [6.45, 7) is 5.88. The number of amides is 2. The van der Waals surface area contributed by atoms with Crippen molar-refractivity contribution in [2.45, 2.75) is 27.2 Å². The van der Waals surface area contributed by atoms with E-state index >= 15 is 0 Å². The molecule has 0 unspecified atom stereocenters. The van der Waals surface area contributed by atoms with E-state index in [9.17, 15) is 9.59 Å². The molecule has 102 valence electrons. The average molecular weight is 278 g/mol. The van der Waals surface area contributed by atoms with Gasteiger partial charge in [0.15, 0.2) is 0 Å². The number of allylic oxidation sites excluding steroid dienone is 3. The fraction of sp³-hybridized carbons (Fsp3) is 0.286. The van der Waals surface area contributed by atoms with Gasteiger partial charge < -0.3 is 0 Å². The first-order valence-corrected chi connectivity index (χ1v) is 6.89. The third-order valence-electron chi connectivity index (χ3n) is 2.42. The first-order chi connectivity index (χ1) is 9.08. The van der Waals surface area contributed by atoms with Gasteiger partial charge in [-0.25, -0.2) is 0 Å². The van der Waals surface area contributed by atoms with Crippen LogP contribution in [-0.4, -0.2) is 11.8 Å². The van der Waals surface area contributed by atoms with Crippen LogP contribution in [0.2, 0.25) is 0 Å². The number of hydrogen-bond donors (Lipinski definition) is 2. The number of carbonyl (C=O) groups excluding carboxylic acids is 2. The van der Waals surface area contributed by atoms with E-state index in [1.165, 1.54) is 22.3 Å². The molecule has 1 heterocycles. The fourth-order valence-corrected chi connectivity index (χ4v) is 2.47. The summed E-state index contributed by atoms with van der Waals surface area (Å²) in [5.74, 6) is -0.656. The molecule has 0 saturated heterocycles. The lowest BCUT2D eigenvalue weighted by molar-refractivity contribution is -0.117. The smallest absolute Gasteiger partial charge is 0.268 e. The lowest BCUT2D eigenvalue weighted by atomic mass is 10.2. The van der Waals surface area contributed by atoms with Crippen molar-refractivity contribution in [3.8, 4) is 0 Å². The van der Waals surface area contributed by atoms with Crippen molar-refractivity contribution >= 4 is 23.2 Å². The summed E-state index contributed by atoms with van der Waals surface area (Å²) in [6.07, 6.45) is 7.40. The van der Waals surface area contributed by atoms with Crippen LogP contribution >= 0.6 is 11.3 Å². The molecule has 1 aromatic rings. The molecule has 0 aliphatic rings. The van der Waals surface area contributed by atoms with Crippen molar-refractivity contribution in [3.63, 3.8) is 0 Å². The highest BCUT2D eigenvalue weighted by molar-refractivity contribution is 7.14. The van der Waals surface area contributed by atoms with Crippen LogP contribution in [0.3, 0.4) is 0 Å². The van der Waals surface area contributed by atoms with Gasteiger partial charge in [0.2, 0.25) is 0 Å². The Morgan fingerprint density at radius 3 is 2.63 bits per heavy atom. The minimum absolute atomic E-state index is 0.291. The minimum atomic E-state index is -0.365. The van der Waals surface area contributed by atoms with E-state index in [-0.39, 0.29) is 11.8 Å². The highest BCUT2D eigenvalue weighted by Gasteiger charge is 2.11. The summed E-state index contributed by atoms with van der Waals surface area (Å²) >= 11 is 1.45. The van der Waals surface area contributed by atoms with E-state index in [2.05, 4.69) is 10.9 Å². The molecular weight excluding hydrogens is 260 g/mol. The molecule has 0 atom stereocenters. The third-order valence-corrected chi connectivity index (χ3v) is 3.80. The molecule has 2 amide bonds. The van der Waals surface area contributed by atoms with Crippen molar-refractivity contribution in [3.05, 3.63) is 45.7 Å². The van der Waals surface area contributed by atoms with Crippen molar-refractivity contribution in [2.75, 3.05) is 0 Å². The van der Waals surface area contributed by atoms with Crippen LogP contribution in [-0.2, 0) is 11.2 Å². The third kappa shape index (κ3) is 4.71. The van der Waals surface area contributed by atoms with Gasteiger partial charge in [0.05, 0.1) is 4.88 Å². The van der Waals surface area contributed by atoms with E-state index < -0.39 is 0 Å². The number of hydrogen-bond acceptors (Lipinski definition) is 3. The predicted octanol–water partition coefficient (Wildman–Crippen LogP) is 2.51. The summed E-state index contributed by atoms with van der Waals surface area (Å²) in [4.78, 5) is 24.9. The second kappa shape index (κ2) is 7.53. The Kier molecular flexibility index (Phi) is 6.02. The summed E-state index contributed by atoms with van der Waals surface area (Å²) in [7, 11) is 0. The van der Waals surface area contributed by atoms with Crippen molar-refractivity contribution in [2.24, 2.45) is 0 Å². The maximum Gasteiger partial charge on any atom is 0.279 e. The van der Waals surface area contributed by atoms with Crippen LogP contribution < -0.4 is 10.9 Å². The molecule has 0 saturated carbocycles. The second-order valence-electron chi connectivity index (χ2n) is 3.90. The van der Waals surface area contributed by atoms with E-state index in [1.807, 2.05) is 32.9 Å². The number of rotatable bonds is 4. The van der Waals surface area contributed by atoms with Crippen molar-refractivity contribution in [1.82, 2.24) is 10.9 Å². The topological polar surface area (TPSA) is 58.2 Å². The molecule has 0 aliphatic heterocycles. The van der Waals surface area contributed by atoms with Crippen LogP contribution in [0.25, 0.3) is 0 Å². The quantitative estimate of drug-likeness (QED) is 0.505. The first-order valence-electron chi connectivity index (χ1n) is 6.07. The molecule has 0 spiro atoms. The zero-order valence-electron chi connectivity index (χ0n) is 11.3. The Labute approximate surface area is 117 Å². The Morgan fingerprint density at radius 2 is 2.05 bits per heavy atom. The molecule has 0 aromatic carbocycles. The van der Waals surface area contributed by atoms with Crippen LogP contribution in [0.1, 0.15) is 34.0 Å². The zero-order chi connectivity index (χ0) is 14.3. The highest BCUT2D eigenvalue weighted by Crippen LogP contribution is 2.21. The summed E-state index contributed by atoms with van der Waals surface area (Å²) in [6, 6.07) is 1.83.